The van der Waals surface area contributed by atoms with Gasteiger partial charge in [-0.05, 0) is 44.9 Å². The third-order valence-corrected chi connectivity index (χ3v) is 3.40. The summed E-state index contributed by atoms with van der Waals surface area (Å²) in [6.45, 7) is 10.2. The normalized spacial score (nSPS) is 12.4. The van der Waals surface area contributed by atoms with Crippen LogP contribution in [0.1, 0.15) is 39.7 Å². The molecule has 0 saturated heterocycles. The van der Waals surface area contributed by atoms with Crippen LogP contribution in [0.15, 0.2) is 29.3 Å². The van der Waals surface area contributed by atoms with Crippen molar-refractivity contribution in [3.05, 3.63) is 29.8 Å². The van der Waals surface area contributed by atoms with Gasteiger partial charge >= 0.3 is 0 Å². The number of hydrogen-bond donors (Lipinski definition) is 3. The first-order valence-corrected chi connectivity index (χ1v) is 8.62. The molecule has 134 valence electrons. The lowest BCUT2D eigenvalue weighted by Crippen LogP contribution is -2.41. The van der Waals surface area contributed by atoms with Gasteiger partial charge in [-0.2, -0.15) is 0 Å². The third-order valence-electron chi connectivity index (χ3n) is 3.40. The predicted molar refractivity (Wildman–Crippen MR) is 98.3 cm³/mol. The van der Waals surface area contributed by atoms with Gasteiger partial charge in [-0.25, -0.2) is 4.99 Å². The molecule has 0 aliphatic heterocycles. The fourth-order valence-electron chi connectivity index (χ4n) is 1.96. The summed E-state index contributed by atoms with van der Waals surface area (Å²) in [5.41, 5.74) is 1.03. The molecule has 1 atom stereocenters. The van der Waals surface area contributed by atoms with Crippen LogP contribution in [0, 0.1) is 0 Å². The molecule has 0 spiro atoms. The van der Waals surface area contributed by atoms with E-state index in [1.54, 1.807) is 0 Å². The average molecular weight is 334 g/mol. The molecule has 1 aromatic carbocycles. The Balaban J connectivity index is 2.64. The van der Waals surface area contributed by atoms with Crippen molar-refractivity contribution in [1.29, 1.82) is 0 Å². The zero-order chi connectivity index (χ0) is 17.8. The maximum absolute atomic E-state index is 11.4. The maximum Gasteiger partial charge on any atom is 0.257 e. The second kappa shape index (κ2) is 11.3. The highest BCUT2D eigenvalue weighted by atomic mass is 16.5. The fourth-order valence-corrected chi connectivity index (χ4v) is 1.96. The zero-order valence-corrected chi connectivity index (χ0v) is 15.2. The van der Waals surface area contributed by atoms with Crippen LogP contribution in [0.4, 0.5) is 0 Å². The van der Waals surface area contributed by atoms with Gasteiger partial charge < -0.3 is 20.7 Å². The molecule has 0 saturated carbocycles. The quantitative estimate of drug-likeness (QED) is 0.477. The Morgan fingerprint density at radius 3 is 2.62 bits per heavy atom. The van der Waals surface area contributed by atoms with Crippen LogP contribution in [0.3, 0.4) is 0 Å². The van der Waals surface area contributed by atoms with Gasteiger partial charge in [0.25, 0.3) is 5.91 Å². The molecular weight excluding hydrogens is 304 g/mol. The highest BCUT2D eigenvalue weighted by Crippen LogP contribution is 2.14. The molecule has 6 heteroatoms. The van der Waals surface area contributed by atoms with Crippen molar-refractivity contribution in [2.45, 2.75) is 46.7 Å². The highest BCUT2D eigenvalue weighted by Gasteiger charge is 2.04. The van der Waals surface area contributed by atoms with E-state index in [9.17, 15) is 4.79 Å². The molecule has 0 radical (unpaired) electrons. The number of rotatable bonds is 9. The van der Waals surface area contributed by atoms with Gasteiger partial charge in [0.2, 0.25) is 0 Å². The number of carbonyl (C=O) groups is 1. The number of benzene rings is 1. The van der Waals surface area contributed by atoms with Crippen LogP contribution >= 0.6 is 0 Å². The summed E-state index contributed by atoms with van der Waals surface area (Å²) < 4.78 is 5.51. The average Bonchev–Trinajstić information content (AvgIpc) is 2.58. The number of nitrogens with one attached hydrogen (secondary N) is 3. The molecule has 1 unspecified atom stereocenters. The lowest BCUT2D eigenvalue weighted by Gasteiger charge is -2.16. The summed E-state index contributed by atoms with van der Waals surface area (Å²) in [7, 11) is 0. The summed E-state index contributed by atoms with van der Waals surface area (Å²) in [6, 6.07) is 8.03. The lowest BCUT2D eigenvalue weighted by molar-refractivity contribution is -0.122. The van der Waals surface area contributed by atoms with Gasteiger partial charge in [0, 0.05) is 19.1 Å². The number of guanidine groups is 1. The largest absolute Gasteiger partial charge is 0.484 e. The van der Waals surface area contributed by atoms with E-state index in [2.05, 4.69) is 34.8 Å². The highest BCUT2D eigenvalue weighted by molar-refractivity contribution is 5.80. The molecule has 1 rings (SSSR count). The van der Waals surface area contributed by atoms with Crippen molar-refractivity contribution in [3.8, 4) is 5.75 Å². The molecule has 0 aliphatic rings. The smallest absolute Gasteiger partial charge is 0.257 e. The van der Waals surface area contributed by atoms with E-state index in [1.807, 2.05) is 38.1 Å². The molecular formula is C18H30N4O2. The zero-order valence-electron chi connectivity index (χ0n) is 15.2. The van der Waals surface area contributed by atoms with E-state index < -0.39 is 0 Å². The third kappa shape index (κ3) is 7.85. The van der Waals surface area contributed by atoms with Gasteiger partial charge in [0.1, 0.15) is 5.75 Å². The first-order chi connectivity index (χ1) is 11.6. The summed E-state index contributed by atoms with van der Waals surface area (Å²) in [5, 5.41) is 9.31. The number of amides is 1. The number of likely N-dealkylation sites (N-methyl/N-ethyl adjacent to an activating group) is 1. The summed E-state index contributed by atoms with van der Waals surface area (Å²) in [6.07, 6.45) is 1.04. The van der Waals surface area contributed by atoms with Crippen LogP contribution in [0.5, 0.6) is 5.75 Å². The molecule has 24 heavy (non-hydrogen) atoms. The minimum Gasteiger partial charge on any atom is -0.484 e. The van der Waals surface area contributed by atoms with Crippen LogP contribution in [-0.4, -0.2) is 37.6 Å². The van der Waals surface area contributed by atoms with E-state index in [0.29, 0.717) is 24.9 Å². The van der Waals surface area contributed by atoms with Crippen molar-refractivity contribution in [2.24, 2.45) is 4.99 Å². The van der Waals surface area contributed by atoms with Crippen LogP contribution in [0.25, 0.3) is 0 Å². The second-order valence-corrected chi connectivity index (χ2v) is 5.54. The topological polar surface area (TPSA) is 74.8 Å². The Hall–Kier alpha value is -2.24. The summed E-state index contributed by atoms with van der Waals surface area (Å²) in [4.78, 5) is 16.0. The second-order valence-electron chi connectivity index (χ2n) is 5.54. The molecule has 1 amide bonds. The van der Waals surface area contributed by atoms with Crippen molar-refractivity contribution in [2.75, 3.05) is 19.7 Å². The summed E-state index contributed by atoms with van der Waals surface area (Å²) in [5.74, 6) is 1.36. The fraction of sp³-hybridized carbons (Fsp3) is 0.556. The van der Waals surface area contributed by atoms with Gasteiger partial charge in [0.15, 0.2) is 12.6 Å². The molecule has 1 aromatic rings. The Morgan fingerprint density at radius 1 is 1.21 bits per heavy atom. The standard InChI is InChI=1S/C18H30N4O2/c1-5-14(4)22-18(20-7-3)21-12-15-9-8-10-16(11-15)24-13-17(23)19-6-2/h8-11,14H,5-7,12-13H2,1-4H3,(H,19,23)(H2,20,21,22). The van der Waals surface area contributed by atoms with E-state index in [-0.39, 0.29) is 12.5 Å². The van der Waals surface area contributed by atoms with E-state index >= 15 is 0 Å². The molecule has 0 aromatic heterocycles. The predicted octanol–water partition coefficient (Wildman–Crippen LogP) is 2.06. The molecule has 0 heterocycles. The molecule has 3 N–H and O–H groups in total. The van der Waals surface area contributed by atoms with Gasteiger partial charge in [0.05, 0.1) is 6.54 Å². The summed E-state index contributed by atoms with van der Waals surface area (Å²) >= 11 is 0. The minimum absolute atomic E-state index is 0.0266. The number of hydrogen-bond acceptors (Lipinski definition) is 3. The monoisotopic (exact) mass is 334 g/mol. The van der Waals surface area contributed by atoms with Gasteiger partial charge in [-0.3, -0.25) is 4.79 Å². The molecule has 0 aliphatic carbocycles. The van der Waals surface area contributed by atoms with Gasteiger partial charge in [-0.15, -0.1) is 0 Å². The minimum atomic E-state index is -0.117. The van der Waals surface area contributed by atoms with Crippen LogP contribution in [0.2, 0.25) is 0 Å². The van der Waals surface area contributed by atoms with Crippen molar-refractivity contribution < 1.29 is 9.53 Å². The SMILES string of the molecule is CCNC(=O)COc1cccc(CN=C(NCC)NC(C)CC)c1. The number of carbonyl (C=O) groups excluding carboxylic acids is 1. The van der Waals surface area contributed by atoms with Crippen molar-refractivity contribution in [3.63, 3.8) is 0 Å². The Bertz CT molecular complexity index is 532. The number of ether oxygens (including phenoxy) is 1. The maximum atomic E-state index is 11.4. The first-order valence-electron chi connectivity index (χ1n) is 8.62. The van der Waals surface area contributed by atoms with Crippen LogP contribution < -0.4 is 20.7 Å². The first kappa shape index (κ1) is 19.8. The Morgan fingerprint density at radius 2 is 1.96 bits per heavy atom. The van der Waals surface area contributed by atoms with Crippen molar-refractivity contribution in [1.82, 2.24) is 16.0 Å². The molecule has 0 bridgehead atoms. The Labute approximate surface area is 145 Å². The van der Waals surface area contributed by atoms with E-state index in [0.717, 1.165) is 24.5 Å². The molecule has 0 fully saturated rings. The Kier molecular flexibility index (Phi) is 9.34. The van der Waals surface area contributed by atoms with Crippen LogP contribution in [-0.2, 0) is 11.3 Å². The lowest BCUT2D eigenvalue weighted by atomic mass is 10.2. The molecule has 6 nitrogen and oxygen atoms in total. The number of aliphatic imine (C=N–C) groups is 1. The van der Waals surface area contributed by atoms with Gasteiger partial charge in [-0.1, -0.05) is 19.1 Å². The number of nitrogens with zero attached hydrogens (tertiary/aromatic N) is 1. The van der Waals surface area contributed by atoms with E-state index in [1.165, 1.54) is 0 Å². The van der Waals surface area contributed by atoms with E-state index in [4.69, 9.17) is 4.74 Å². The van der Waals surface area contributed by atoms with Crippen molar-refractivity contribution >= 4 is 11.9 Å².